The van der Waals surface area contributed by atoms with Crippen LogP contribution in [0.3, 0.4) is 0 Å². The molecule has 0 bridgehead atoms. The number of hydrogen-bond donors (Lipinski definition) is 2. The van der Waals surface area contributed by atoms with E-state index in [2.05, 4.69) is 32.3 Å². The molecule has 3 N–H and O–H groups in total. The standard InChI is InChI=1S/C17H20N4O4S2/c18-17-20-11-13-5-4-7-15(16(13)21-17)25-10-8-14(27(22,23)24)6-2-1-3-9-19-12-26/h4-7,11H,1-3,8-10H2,(H2,18,20,21)(H,22,23,24). The molecule has 0 aliphatic rings. The highest BCUT2D eigenvalue weighted by Gasteiger charge is 2.14. The van der Waals surface area contributed by atoms with Crippen LogP contribution in [0.25, 0.3) is 10.9 Å². The second kappa shape index (κ2) is 10.1. The third kappa shape index (κ3) is 6.69. The van der Waals surface area contributed by atoms with E-state index in [1.165, 1.54) is 6.08 Å². The average Bonchev–Trinajstić information content (AvgIpc) is 2.62. The Morgan fingerprint density at radius 2 is 2.22 bits per heavy atom. The molecule has 0 aliphatic carbocycles. The van der Waals surface area contributed by atoms with Crippen molar-refractivity contribution in [1.29, 1.82) is 0 Å². The number of nitrogen functional groups attached to an aromatic ring is 1. The Hall–Kier alpha value is -2.39. The van der Waals surface area contributed by atoms with Crippen molar-refractivity contribution in [1.82, 2.24) is 9.97 Å². The van der Waals surface area contributed by atoms with E-state index in [4.69, 9.17) is 10.5 Å². The highest BCUT2D eigenvalue weighted by Crippen LogP contribution is 2.24. The van der Waals surface area contributed by atoms with E-state index in [1.54, 1.807) is 18.3 Å². The molecule has 2 aromatic rings. The molecule has 0 atom stereocenters. The maximum atomic E-state index is 11.5. The second-order valence-corrected chi connectivity index (χ2v) is 7.29. The Balaban J connectivity index is 1.99. The lowest BCUT2D eigenvalue weighted by Gasteiger charge is -2.10. The number of aromatic nitrogens is 2. The first kappa shape index (κ1) is 20.9. The van der Waals surface area contributed by atoms with Crippen LogP contribution in [0, 0.1) is 0 Å². The molecular formula is C17H20N4O4S2. The van der Waals surface area contributed by atoms with Crippen molar-refractivity contribution in [3.63, 3.8) is 0 Å². The number of nitrogens with zero attached hydrogens (tertiary/aromatic N) is 3. The minimum atomic E-state index is -4.28. The summed E-state index contributed by atoms with van der Waals surface area (Å²) < 4.78 is 38.2. The largest absolute Gasteiger partial charge is 0.491 e. The summed E-state index contributed by atoms with van der Waals surface area (Å²) in [5.74, 6) is 0.587. The number of anilines is 1. The van der Waals surface area contributed by atoms with Crippen LogP contribution in [0.1, 0.15) is 25.7 Å². The zero-order valence-electron chi connectivity index (χ0n) is 14.5. The Morgan fingerprint density at radius 3 is 2.96 bits per heavy atom. The van der Waals surface area contributed by atoms with Crippen molar-refractivity contribution < 1.29 is 17.7 Å². The summed E-state index contributed by atoms with van der Waals surface area (Å²) in [4.78, 5) is 11.8. The number of benzene rings is 1. The van der Waals surface area contributed by atoms with Gasteiger partial charge in [0, 0.05) is 24.5 Å². The predicted octanol–water partition coefficient (Wildman–Crippen LogP) is 3.03. The summed E-state index contributed by atoms with van der Waals surface area (Å²) in [6.07, 6.45) is 5.10. The van der Waals surface area contributed by atoms with E-state index in [-0.39, 0.29) is 23.9 Å². The van der Waals surface area contributed by atoms with Gasteiger partial charge in [0.2, 0.25) is 5.95 Å². The van der Waals surface area contributed by atoms with E-state index in [0.29, 0.717) is 24.2 Å². The van der Waals surface area contributed by atoms with Crippen molar-refractivity contribution in [2.75, 3.05) is 18.9 Å². The molecule has 0 saturated carbocycles. The Labute approximate surface area is 162 Å². The normalized spacial score (nSPS) is 12.0. The first-order chi connectivity index (χ1) is 12.9. The van der Waals surface area contributed by atoms with Crippen LogP contribution in [0.2, 0.25) is 0 Å². The summed E-state index contributed by atoms with van der Waals surface area (Å²) in [5.41, 5.74) is 6.15. The minimum Gasteiger partial charge on any atom is -0.491 e. The smallest absolute Gasteiger partial charge is 0.290 e. The SMILES string of the molecule is Nc1ncc2cccc(OCCC(=CCCCCN=C=S)S(=O)(=O)O)c2n1. The number of nitrogens with two attached hydrogens (primary N) is 1. The van der Waals surface area contributed by atoms with Crippen molar-refractivity contribution in [2.45, 2.75) is 25.7 Å². The molecule has 144 valence electrons. The number of isothiocyanates is 1. The quantitative estimate of drug-likeness (QED) is 0.266. The van der Waals surface area contributed by atoms with Crippen molar-refractivity contribution in [2.24, 2.45) is 4.99 Å². The molecule has 0 fully saturated rings. The summed E-state index contributed by atoms with van der Waals surface area (Å²) in [6.45, 7) is 0.609. The second-order valence-electron chi connectivity index (χ2n) is 5.63. The molecule has 10 heteroatoms. The van der Waals surface area contributed by atoms with Gasteiger partial charge in [0.15, 0.2) is 0 Å². The molecule has 0 unspecified atom stereocenters. The van der Waals surface area contributed by atoms with Crippen LogP contribution in [-0.4, -0.2) is 41.3 Å². The lowest BCUT2D eigenvalue weighted by molar-refractivity contribution is 0.325. The van der Waals surface area contributed by atoms with Crippen LogP contribution in [0.5, 0.6) is 5.75 Å². The fourth-order valence-electron chi connectivity index (χ4n) is 2.40. The van der Waals surface area contributed by atoms with E-state index in [0.717, 1.165) is 18.2 Å². The third-order valence-electron chi connectivity index (χ3n) is 3.69. The molecule has 1 heterocycles. The average molecular weight is 409 g/mol. The number of rotatable bonds is 10. The van der Waals surface area contributed by atoms with E-state index >= 15 is 0 Å². The van der Waals surface area contributed by atoms with Crippen LogP contribution >= 0.6 is 12.2 Å². The maximum absolute atomic E-state index is 11.5. The van der Waals surface area contributed by atoms with E-state index in [9.17, 15) is 13.0 Å². The molecule has 2 rings (SSSR count). The molecule has 1 aromatic heterocycles. The molecule has 0 radical (unpaired) electrons. The number of hydrogen-bond acceptors (Lipinski definition) is 8. The number of ether oxygens (including phenoxy) is 1. The van der Waals surface area contributed by atoms with Gasteiger partial charge in [0.05, 0.1) is 16.7 Å². The van der Waals surface area contributed by atoms with Gasteiger partial charge in [-0.15, -0.1) is 0 Å². The van der Waals surface area contributed by atoms with Gasteiger partial charge in [-0.3, -0.25) is 4.55 Å². The topological polar surface area (TPSA) is 128 Å². The zero-order chi connectivity index (χ0) is 19.7. The fourth-order valence-corrected chi connectivity index (χ4v) is 3.16. The number of unbranched alkanes of at least 4 members (excludes halogenated alkanes) is 2. The first-order valence-corrected chi connectivity index (χ1v) is 10.1. The summed E-state index contributed by atoms with van der Waals surface area (Å²) in [7, 11) is -4.28. The van der Waals surface area contributed by atoms with Gasteiger partial charge in [-0.25, -0.2) is 15.0 Å². The van der Waals surface area contributed by atoms with Crippen LogP contribution in [-0.2, 0) is 10.1 Å². The summed E-state index contributed by atoms with van der Waals surface area (Å²) in [6, 6.07) is 5.31. The molecule has 1 aromatic carbocycles. The van der Waals surface area contributed by atoms with Gasteiger partial charge in [-0.05, 0) is 37.5 Å². The Morgan fingerprint density at radius 1 is 1.41 bits per heavy atom. The van der Waals surface area contributed by atoms with Gasteiger partial charge >= 0.3 is 0 Å². The monoisotopic (exact) mass is 408 g/mol. The molecular weight excluding hydrogens is 388 g/mol. The lowest BCUT2D eigenvalue weighted by atomic mass is 10.2. The molecule has 0 aliphatic heterocycles. The number of thiocarbonyl (C=S) groups is 1. The lowest BCUT2D eigenvalue weighted by Crippen LogP contribution is -2.08. The highest BCUT2D eigenvalue weighted by molar-refractivity contribution is 7.89. The number of aliphatic imine (C=N–C) groups is 1. The van der Waals surface area contributed by atoms with Gasteiger partial charge in [-0.1, -0.05) is 18.2 Å². The van der Waals surface area contributed by atoms with Gasteiger partial charge < -0.3 is 10.5 Å². The third-order valence-corrected chi connectivity index (χ3v) is 4.85. The summed E-state index contributed by atoms with van der Waals surface area (Å²) in [5, 5.41) is 3.03. The van der Waals surface area contributed by atoms with Crippen LogP contribution in [0.4, 0.5) is 5.95 Å². The molecule has 0 amide bonds. The van der Waals surface area contributed by atoms with Gasteiger partial charge in [0.1, 0.15) is 11.3 Å². The highest BCUT2D eigenvalue weighted by atomic mass is 32.2. The van der Waals surface area contributed by atoms with Gasteiger partial charge in [0.25, 0.3) is 10.1 Å². The fraction of sp³-hybridized carbons (Fsp3) is 0.353. The molecule has 27 heavy (non-hydrogen) atoms. The Bertz CT molecular complexity index is 970. The van der Waals surface area contributed by atoms with Crippen molar-refractivity contribution in [3.8, 4) is 5.75 Å². The van der Waals surface area contributed by atoms with Crippen LogP contribution < -0.4 is 10.5 Å². The summed E-state index contributed by atoms with van der Waals surface area (Å²) >= 11 is 4.48. The van der Waals surface area contributed by atoms with E-state index < -0.39 is 10.1 Å². The minimum absolute atomic E-state index is 0.0356. The van der Waals surface area contributed by atoms with E-state index in [1.807, 2.05) is 6.07 Å². The maximum Gasteiger partial charge on any atom is 0.290 e. The zero-order valence-corrected chi connectivity index (χ0v) is 16.2. The Kier molecular flexibility index (Phi) is 7.81. The first-order valence-electron chi connectivity index (χ1n) is 8.26. The number of para-hydroxylation sites is 1. The van der Waals surface area contributed by atoms with Gasteiger partial charge in [-0.2, -0.15) is 8.42 Å². The number of fused-ring (bicyclic) bond motifs is 1. The molecule has 0 spiro atoms. The molecule has 8 nitrogen and oxygen atoms in total. The molecule has 0 saturated heterocycles. The number of allylic oxidation sites excluding steroid dienone is 1. The predicted molar refractivity (Wildman–Crippen MR) is 107 cm³/mol. The van der Waals surface area contributed by atoms with Crippen molar-refractivity contribution >= 4 is 44.3 Å². The van der Waals surface area contributed by atoms with Crippen LogP contribution in [0.15, 0.2) is 40.4 Å². The van der Waals surface area contributed by atoms with Crippen molar-refractivity contribution in [3.05, 3.63) is 35.4 Å².